The van der Waals surface area contributed by atoms with Crippen LogP contribution in [0.1, 0.15) is 15.8 Å². The number of thiophene rings is 1. The van der Waals surface area contributed by atoms with E-state index >= 15 is 0 Å². The van der Waals surface area contributed by atoms with Crippen LogP contribution in [0.2, 0.25) is 5.02 Å². The van der Waals surface area contributed by atoms with Crippen molar-refractivity contribution in [2.75, 3.05) is 0 Å². The van der Waals surface area contributed by atoms with Gasteiger partial charge in [-0.15, -0.1) is 22.9 Å². The zero-order chi connectivity index (χ0) is 12.6. The molecule has 1 aromatic carbocycles. The van der Waals surface area contributed by atoms with Crippen molar-refractivity contribution in [2.24, 2.45) is 0 Å². The normalized spacial score (nSPS) is 12.8. The first-order chi connectivity index (χ1) is 8.00. The first-order valence-corrected chi connectivity index (χ1v) is 7.01. The molecule has 1 unspecified atom stereocenters. The third kappa shape index (κ3) is 2.65. The minimum Gasteiger partial charge on any atom is -0.204 e. The van der Waals surface area contributed by atoms with Crippen molar-refractivity contribution < 1.29 is 8.78 Å². The molecule has 0 spiro atoms. The molecule has 0 aliphatic carbocycles. The topological polar surface area (TPSA) is 0 Å². The summed E-state index contributed by atoms with van der Waals surface area (Å²) in [4.78, 5) is 0.805. The summed E-state index contributed by atoms with van der Waals surface area (Å²) in [5.74, 6) is -1.93. The fourth-order valence-corrected chi connectivity index (χ4v) is 3.85. The molecule has 0 saturated carbocycles. The lowest BCUT2D eigenvalue weighted by Crippen LogP contribution is -1.96. The second-order valence-electron chi connectivity index (χ2n) is 3.28. The maximum atomic E-state index is 13.2. The van der Waals surface area contributed by atoms with E-state index in [-0.39, 0.29) is 5.02 Å². The summed E-state index contributed by atoms with van der Waals surface area (Å²) in [6.45, 7) is 0. The van der Waals surface area contributed by atoms with Crippen LogP contribution in [0.3, 0.4) is 0 Å². The number of hydrogen-bond acceptors (Lipinski definition) is 1. The van der Waals surface area contributed by atoms with Gasteiger partial charge >= 0.3 is 0 Å². The van der Waals surface area contributed by atoms with Crippen LogP contribution in [0.4, 0.5) is 8.78 Å². The van der Waals surface area contributed by atoms with Crippen molar-refractivity contribution in [2.45, 2.75) is 5.38 Å². The van der Waals surface area contributed by atoms with Crippen molar-refractivity contribution in [1.29, 1.82) is 0 Å². The minimum atomic E-state index is -0.979. The maximum Gasteiger partial charge on any atom is 0.160 e. The summed E-state index contributed by atoms with van der Waals surface area (Å²) in [6.07, 6.45) is 0. The zero-order valence-corrected chi connectivity index (χ0v) is 12.1. The molecule has 0 aliphatic rings. The quantitative estimate of drug-likeness (QED) is 0.472. The lowest BCUT2D eigenvalue weighted by atomic mass is 10.1. The number of alkyl halides is 1. The molecule has 2 aromatic rings. The highest BCUT2D eigenvalue weighted by molar-refractivity contribution is 9.10. The molecule has 1 heterocycles. The number of rotatable bonds is 2. The molecule has 0 radical (unpaired) electrons. The van der Waals surface area contributed by atoms with E-state index in [0.29, 0.717) is 5.56 Å². The Labute approximate surface area is 119 Å². The van der Waals surface area contributed by atoms with Gasteiger partial charge in [0, 0.05) is 14.4 Å². The van der Waals surface area contributed by atoms with E-state index in [1.165, 1.54) is 11.3 Å². The largest absolute Gasteiger partial charge is 0.204 e. The van der Waals surface area contributed by atoms with Gasteiger partial charge in [0.25, 0.3) is 0 Å². The van der Waals surface area contributed by atoms with Gasteiger partial charge in [0.2, 0.25) is 0 Å². The van der Waals surface area contributed by atoms with E-state index in [1.807, 2.05) is 11.4 Å². The summed E-state index contributed by atoms with van der Waals surface area (Å²) in [7, 11) is 0. The molecule has 0 nitrogen and oxygen atoms in total. The highest BCUT2D eigenvalue weighted by atomic mass is 79.9. The van der Waals surface area contributed by atoms with Crippen LogP contribution >= 0.6 is 50.5 Å². The summed E-state index contributed by atoms with van der Waals surface area (Å²) >= 11 is 16.8. The van der Waals surface area contributed by atoms with Gasteiger partial charge in [-0.05, 0) is 45.1 Å². The van der Waals surface area contributed by atoms with Crippen LogP contribution in [0.25, 0.3) is 0 Å². The van der Waals surface area contributed by atoms with E-state index in [4.69, 9.17) is 23.2 Å². The smallest absolute Gasteiger partial charge is 0.160 e. The molecule has 0 aliphatic heterocycles. The molecule has 0 fully saturated rings. The Balaban J connectivity index is 2.48. The Hall–Kier alpha value is -0.160. The van der Waals surface area contributed by atoms with Gasteiger partial charge in [-0.25, -0.2) is 8.78 Å². The standard InChI is InChI=1S/C11H5BrCl2F2S/c12-6-1-2-17-11(6)10(14)5-3-8(15)9(16)4-7(5)13/h1-4,10H. The Morgan fingerprint density at radius 3 is 2.47 bits per heavy atom. The van der Waals surface area contributed by atoms with Gasteiger partial charge in [-0.3, -0.25) is 0 Å². The number of benzene rings is 1. The predicted octanol–water partition coefficient (Wildman–Crippen LogP) is 5.77. The van der Waals surface area contributed by atoms with Gasteiger partial charge in [0.1, 0.15) is 0 Å². The summed E-state index contributed by atoms with van der Waals surface area (Å²) in [5.41, 5.74) is 0.357. The maximum absolute atomic E-state index is 13.2. The first-order valence-electron chi connectivity index (χ1n) is 4.52. The zero-order valence-electron chi connectivity index (χ0n) is 8.18. The summed E-state index contributed by atoms with van der Waals surface area (Å²) in [6, 6.07) is 3.80. The van der Waals surface area contributed by atoms with Crippen molar-refractivity contribution >= 4 is 50.5 Å². The minimum absolute atomic E-state index is 0.115. The van der Waals surface area contributed by atoms with E-state index in [0.717, 1.165) is 21.5 Å². The summed E-state index contributed by atoms with van der Waals surface area (Å²) in [5, 5.41) is 1.36. The Kier molecular flexibility index (Phi) is 4.08. The molecular formula is C11H5BrCl2F2S. The van der Waals surface area contributed by atoms with Crippen LogP contribution in [-0.4, -0.2) is 0 Å². The molecule has 0 N–H and O–H groups in total. The van der Waals surface area contributed by atoms with Gasteiger partial charge in [0.05, 0.1) is 5.38 Å². The van der Waals surface area contributed by atoms with Crippen LogP contribution in [0, 0.1) is 11.6 Å². The molecule has 0 bridgehead atoms. The van der Waals surface area contributed by atoms with Gasteiger partial charge in [-0.1, -0.05) is 11.6 Å². The van der Waals surface area contributed by atoms with Crippen LogP contribution in [0.5, 0.6) is 0 Å². The highest BCUT2D eigenvalue weighted by Crippen LogP contribution is 2.40. The molecule has 2 rings (SSSR count). The molecule has 0 saturated heterocycles. The van der Waals surface area contributed by atoms with E-state index in [9.17, 15) is 8.78 Å². The fraction of sp³-hybridized carbons (Fsp3) is 0.0909. The molecule has 17 heavy (non-hydrogen) atoms. The van der Waals surface area contributed by atoms with E-state index in [1.54, 1.807) is 0 Å². The van der Waals surface area contributed by atoms with Gasteiger partial charge < -0.3 is 0 Å². The van der Waals surface area contributed by atoms with Crippen LogP contribution in [-0.2, 0) is 0 Å². The average Bonchev–Trinajstić information content (AvgIpc) is 2.69. The van der Waals surface area contributed by atoms with Gasteiger partial charge in [-0.2, -0.15) is 0 Å². The Bertz CT molecular complexity index is 556. The SMILES string of the molecule is Fc1cc(Cl)c(C(Cl)c2sccc2Br)cc1F. The third-order valence-electron chi connectivity index (χ3n) is 2.19. The molecule has 6 heteroatoms. The molecule has 1 aromatic heterocycles. The number of hydrogen-bond donors (Lipinski definition) is 0. The van der Waals surface area contributed by atoms with Crippen molar-refractivity contribution in [3.63, 3.8) is 0 Å². The fourth-order valence-electron chi connectivity index (χ4n) is 1.36. The Morgan fingerprint density at radius 2 is 1.88 bits per heavy atom. The van der Waals surface area contributed by atoms with Crippen LogP contribution < -0.4 is 0 Å². The van der Waals surface area contributed by atoms with Crippen molar-refractivity contribution in [3.05, 3.63) is 55.1 Å². The highest BCUT2D eigenvalue weighted by Gasteiger charge is 2.20. The lowest BCUT2D eigenvalue weighted by molar-refractivity contribution is 0.507. The van der Waals surface area contributed by atoms with Crippen molar-refractivity contribution in [3.8, 4) is 0 Å². The molecule has 1 atom stereocenters. The lowest BCUT2D eigenvalue weighted by Gasteiger charge is -2.11. The van der Waals surface area contributed by atoms with Crippen LogP contribution in [0.15, 0.2) is 28.1 Å². The monoisotopic (exact) mass is 356 g/mol. The second-order valence-corrected chi connectivity index (χ2v) is 5.93. The number of halogens is 5. The second kappa shape index (κ2) is 5.22. The van der Waals surface area contributed by atoms with Gasteiger partial charge in [0.15, 0.2) is 11.6 Å². The van der Waals surface area contributed by atoms with E-state index in [2.05, 4.69) is 15.9 Å². The van der Waals surface area contributed by atoms with E-state index < -0.39 is 17.0 Å². The predicted molar refractivity (Wildman–Crippen MR) is 71.1 cm³/mol. The molecular weight excluding hydrogens is 353 g/mol. The molecule has 90 valence electrons. The average molecular weight is 358 g/mol. The van der Waals surface area contributed by atoms with Crippen molar-refractivity contribution in [1.82, 2.24) is 0 Å². The first kappa shape index (κ1) is 13.3. The summed E-state index contributed by atoms with van der Waals surface area (Å²) < 4.78 is 26.9. The Morgan fingerprint density at radius 1 is 1.24 bits per heavy atom. The third-order valence-corrected chi connectivity index (χ3v) is 5.03. The molecule has 0 amide bonds.